The average Bonchev–Trinajstić information content (AvgIpc) is 1.60. The molecular weight excluding hydrogens is 124 g/mol. The summed E-state index contributed by atoms with van der Waals surface area (Å²) in [4.78, 5) is 1.58. The zero-order valence-corrected chi connectivity index (χ0v) is 5.27. The second-order valence-electron chi connectivity index (χ2n) is 2.36. The molecule has 0 aromatic carbocycles. The summed E-state index contributed by atoms with van der Waals surface area (Å²) in [6.07, 6.45) is 2.45. The van der Waals surface area contributed by atoms with E-state index in [1.165, 1.54) is 6.08 Å². The highest BCUT2D eigenvalue weighted by molar-refractivity contribution is 5.01. The highest BCUT2D eigenvalue weighted by Crippen LogP contribution is 2.19. The van der Waals surface area contributed by atoms with Gasteiger partial charge in [-0.3, -0.25) is 4.90 Å². The number of likely N-dealkylation sites (N-methyl/N-ethyl adjacent to an activating group) is 1. The van der Waals surface area contributed by atoms with Gasteiger partial charge in [0.25, 0.3) is 5.92 Å². The molecule has 1 aliphatic heterocycles. The van der Waals surface area contributed by atoms with Crippen LogP contribution in [0.5, 0.6) is 0 Å². The Kier molecular flexibility index (Phi) is 1.53. The summed E-state index contributed by atoms with van der Waals surface area (Å²) in [5, 5.41) is 0. The maximum Gasteiger partial charge on any atom is 0.278 e. The van der Waals surface area contributed by atoms with Crippen LogP contribution < -0.4 is 0 Å². The van der Waals surface area contributed by atoms with Crippen LogP contribution in [0.1, 0.15) is 0 Å². The fourth-order valence-electron chi connectivity index (χ4n) is 0.882. The van der Waals surface area contributed by atoms with E-state index in [4.69, 9.17) is 0 Å². The summed E-state index contributed by atoms with van der Waals surface area (Å²) >= 11 is 0. The van der Waals surface area contributed by atoms with Gasteiger partial charge in [-0.1, -0.05) is 6.08 Å². The van der Waals surface area contributed by atoms with Gasteiger partial charge in [0, 0.05) is 6.54 Å². The van der Waals surface area contributed by atoms with E-state index in [-0.39, 0.29) is 6.54 Å². The molecule has 0 spiro atoms. The van der Waals surface area contributed by atoms with E-state index in [1.807, 2.05) is 0 Å². The van der Waals surface area contributed by atoms with E-state index < -0.39 is 5.92 Å². The predicted molar refractivity (Wildman–Crippen MR) is 31.6 cm³/mol. The molecule has 1 aliphatic rings. The fourth-order valence-corrected chi connectivity index (χ4v) is 0.882. The molecule has 0 aliphatic carbocycles. The third kappa shape index (κ3) is 1.75. The molecule has 0 saturated heterocycles. The van der Waals surface area contributed by atoms with Gasteiger partial charge in [-0.15, -0.1) is 0 Å². The van der Waals surface area contributed by atoms with Crippen molar-refractivity contribution in [1.29, 1.82) is 0 Å². The lowest BCUT2D eigenvalue weighted by atomic mass is 10.2. The van der Waals surface area contributed by atoms with Crippen molar-refractivity contribution in [3.63, 3.8) is 0 Å². The summed E-state index contributed by atoms with van der Waals surface area (Å²) in [5.41, 5.74) is 0. The first kappa shape index (κ1) is 6.68. The first-order valence-electron chi connectivity index (χ1n) is 2.84. The zero-order valence-electron chi connectivity index (χ0n) is 5.27. The minimum Gasteiger partial charge on any atom is -0.297 e. The van der Waals surface area contributed by atoms with Crippen molar-refractivity contribution in [1.82, 2.24) is 4.90 Å². The van der Waals surface area contributed by atoms with Crippen molar-refractivity contribution >= 4 is 0 Å². The van der Waals surface area contributed by atoms with Crippen molar-refractivity contribution in [3.8, 4) is 0 Å². The highest BCUT2D eigenvalue weighted by Gasteiger charge is 2.28. The Morgan fingerprint density at radius 3 is 2.56 bits per heavy atom. The van der Waals surface area contributed by atoms with E-state index in [0.717, 1.165) is 6.08 Å². The standard InChI is InChI=1S/C6H9F2N/c1-9-4-2-3-6(7,8)5-9/h2-3H,4-5H2,1H3. The molecule has 0 N–H and O–H groups in total. The van der Waals surface area contributed by atoms with E-state index in [2.05, 4.69) is 0 Å². The highest BCUT2D eigenvalue weighted by atomic mass is 19.3. The molecule has 0 fully saturated rings. The van der Waals surface area contributed by atoms with Crippen LogP contribution in [0.4, 0.5) is 8.78 Å². The van der Waals surface area contributed by atoms with Gasteiger partial charge in [-0.2, -0.15) is 0 Å². The summed E-state index contributed by atoms with van der Waals surface area (Å²) in [5.74, 6) is -2.60. The van der Waals surface area contributed by atoms with Gasteiger partial charge in [0.05, 0.1) is 6.54 Å². The lowest BCUT2D eigenvalue weighted by molar-refractivity contribution is 0.0162. The summed E-state index contributed by atoms with van der Waals surface area (Å²) in [6, 6.07) is 0. The molecule has 0 amide bonds. The van der Waals surface area contributed by atoms with E-state index in [9.17, 15) is 8.78 Å². The van der Waals surface area contributed by atoms with Crippen molar-refractivity contribution in [2.75, 3.05) is 20.1 Å². The Bertz CT molecular complexity index is 131. The first-order valence-corrected chi connectivity index (χ1v) is 2.84. The van der Waals surface area contributed by atoms with Crippen LogP contribution in [-0.4, -0.2) is 31.0 Å². The Labute approximate surface area is 53.0 Å². The van der Waals surface area contributed by atoms with Crippen molar-refractivity contribution < 1.29 is 8.78 Å². The third-order valence-corrected chi connectivity index (χ3v) is 1.26. The maximum atomic E-state index is 12.3. The molecule has 9 heavy (non-hydrogen) atoms. The monoisotopic (exact) mass is 133 g/mol. The summed E-state index contributed by atoms with van der Waals surface area (Å²) in [7, 11) is 1.68. The summed E-state index contributed by atoms with van der Waals surface area (Å²) < 4.78 is 24.7. The van der Waals surface area contributed by atoms with Gasteiger partial charge < -0.3 is 0 Å². The first-order chi connectivity index (χ1) is 4.10. The molecule has 52 valence electrons. The fraction of sp³-hybridized carbons (Fsp3) is 0.667. The van der Waals surface area contributed by atoms with E-state index >= 15 is 0 Å². The van der Waals surface area contributed by atoms with Crippen molar-refractivity contribution in [2.45, 2.75) is 5.92 Å². The summed E-state index contributed by atoms with van der Waals surface area (Å²) in [6.45, 7) is 0.485. The molecule has 0 aromatic rings. The smallest absolute Gasteiger partial charge is 0.278 e. The number of rotatable bonds is 0. The molecule has 1 rings (SSSR count). The van der Waals surface area contributed by atoms with Gasteiger partial charge in [0.2, 0.25) is 0 Å². The Morgan fingerprint density at radius 2 is 2.22 bits per heavy atom. The van der Waals surface area contributed by atoms with Crippen LogP contribution in [-0.2, 0) is 0 Å². The number of alkyl halides is 2. The molecule has 0 radical (unpaired) electrons. The number of hydrogen-bond donors (Lipinski definition) is 0. The SMILES string of the molecule is CN1CC=CC(F)(F)C1. The largest absolute Gasteiger partial charge is 0.297 e. The van der Waals surface area contributed by atoms with Crippen LogP contribution in [0, 0.1) is 0 Å². The van der Waals surface area contributed by atoms with E-state index in [0.29, 0.717) is 6.54 Å². The van der Waals surface area contributed by atoms with Crippen LogP contribution in [0.3, 0.4) is 0 Å². The molecular formula is C6H9F2N. The lowest BCUT2D eigenvalue weighted by Gasteiger charge is -2.24. The lowest BCUT2D eigenvalue weighted by Crippen LogP contribution is -2.36. The zero-order chi connectivity index (χ0) is 6.91. The molecule has 0 aromatic heterocycles. The van der Waals surface area contributed by atoms with Gasteiger partial charge in [0.15, 0.2) is 0 Å². The molecule has 1 nitrogen and oxygen atoms in total. The molecule has 1 heterocycles. The maximum absolute atomic E-state index is 12.3. The number of halogens is 2. The third-order valence-electron chi connectivity index (χ3n) is 1.26. The Hall–Kier alpha value is -0.440. The van der Waals surface area contributed by atoms with Crippen molar-refractivity contribution in [3.05, 3.63) is 12.2 Å². The van der Waals surface area contributed by atoms with E-state index in [1.54, 1.807) is 11.9 Å². The van der Waals surface area contributed by atoms with Crippen LogP contribution in [0.2, 0.25) is 0 Å². The second-order valence-corrected chi connectivity index (χ2v) is 2.36. The number of nitrogens with zero attached hydrogens (tertiary/aromatic N) is 1. The molecule has 0 atom stereocenters. The van der Waals surface area contributed by atoms with Crippen LogP contribution >= 0.6 is 0 Å². The second kappa shape index (κ2) is 2.06. The predicted octanol–water partition coefficient (Wildman–Crippen LogP) is 1.12. The molecule has 3 heteroatoms. The minimum atomic E-state index is -2.60. The number of hydrogen-bond acceptors (Lipinski definition) is 1. The molecule has 0 bridgehead atoms. The van der Waals surface area contributed by atoms with Crippen LogP contribution in [0.25, 0.3) is 0 Å². The van der Waals surface area contributed by atoms with Gasteiger partial charge in [-0.05, 0) is 13.1 Å². The van der Waals surface area contributed by atoms with Crippen molar-refractivity contribution in [2.24, 2.45) is 0 Å². The van der Waals surface area contributed by atoms with Gasteiger partial charge in [0.1, 0.15) is 0 Å². The molecule has 0 unspecified atom stereocenters. The van der Waals surface area contributed by atoms with Gasteiger partial charge in [-0.25, -0.2) is 8.78 Å². The topological polar surface area (TPSA) is 3.24 Å². The quantitative estimate of drug-likeness (QED) is 0.447. The van der Waals surface area contributed by atoms with Gasteiger partial charge >= 0.3 is 0 Å². The normalized spacial score (nSPS) is 26.6. The minimum absolute atomic E-state index is 0.149. The molecule has 0 saturated carbocycles. The Morgan fingerprint density at radius 1 is 1.56 bits per heavy atom. The van der Waals surface area contributed by atoms with Crippen LogP contribution in [0.15, 0.2) is 12.2 Å². The average molecular weight is 133 g/mol. The Balaban J connectivity index is 2.60.